The van der Waals surface area contributed by atoms with Gasteiger partial charge < -0.3 is 10.2 Å². The van der Waals surface area contributed by atoms with Crippen LogP contribution < -0.4 is 10.2 Å². The van der Waals surface area contributed by atoms with E-state index in [0.29, 0.717) is 18.2 Å². The maximum atomic E-state index is 12.9. The molecular weight excluding hydrogens is 307 g/mol. The minimum atomic E-state index is -0.290. The Morgan fingerprint density at radius 1 is 1.25 bits per heavy atom. The predicted molar refractivity (Wildman–Crippen MR) is 90.2 cm³/mol. The van der Waals surface area contributed by atoms with Gasteiger partial charge in [0.1, 0.15) is 11.5 Å². The Kier molecular flexibility index (Phi) is 5.03. The molecule has 1 aliphatic rings. The fraction of sp³-hybridized carbons (Fsp3) is 0.389. The molecule has 0 aliphatic carbocycles. The zero-order chi connectivity index (χ0) is 16.9. The van der Waals surface area contributed by atoms with Crippen LogP contribution in [-0.2, 0) is 6.54 Å². The highest BCUT2D eigenvalue weighted by molar-refractivity contribution is 5.92. The first-order valence-corrected chi connectivity index (χ1v) is 8.22. The van der Waals surface area contributed by atoms with Crippen LogP contribution in [0.1, 0.15) is 35.8 Å². The Morgan fingerprint density at radius 3 is 2.67 bits per heavy atom. The van der Waals surface area contributed by atoms with Crippen molar-refractivity contribution in [1.29, 1.82) is 0 Å². The van der Waals surface area contributed by atoms with E-state index in [9.17, 15) is 9.18 Å². The van der Waals surface area contributed by atoms with E-state index < -0.39 is 0 Å². The van der Waals surface area contributed by atoms with Crippen LogP contribution in [0.25, 0.3) is 0 Å². The second-order valence-corrected chi connectivity index (χ2v) is 6.22. The van der Waals surface area contributed by atoms with E-state index in [0.717, 1.165) is 37.4 Å². The number of carbonyl (C=O) groups excluding carboxylic acids is 1. The first-order chi connectivity index (χ1) is 11.6. The van der Waals surface area contributed by atoms with Crippen molar-refractivity contribution >= 4 is 11.9 Å². The number of halogens is 1. The van der Waals surface area contributed by atoms with Gasteiger partial charge in [0.05, 0.1) is 0 Å². The number of nitrogens with zero attached hydrogens (tertiary/aromatic N) is 3. The largest absolute Gasteiger partial charge is 0.347 e. The molecule has 1 amide bonds. The summed E-state index contributed by atoms with van der Waals surface area (Å²) in [5, 5.41) is 2.80. The quantitative estimate of drug-likeness (QED) is 0.937. The molecule has 1 N–H and O–H groups in total. The Labute approximate surface area is 140 Å². The molecule has 0 atom stereocenters. The molecule has 24 heavy (non-hydrogen) atoms. The maximum absolute atomic E-state index is 12.9. The van der Waals surface area contributed by atoms with Crippen molar-refractivity contribution in [2.24, 2.45) is 5.92 Å². The van der Waals surface area contributed by atoms with Crippen LogP contribution in [0.4, 0.5) is 10.3 Å². The molecule has 1 fully saturated rings. The van der Waals surface area contributed by atoms with Crippen molar-refractivity contribution in [2.45, 2.75) is 26.3 Å². The number of benzene rings is 1. The summed E-state index contributed by atoms with van der Waals surface area (Å²) >= 11 is 0. The Morgan fingerprint density at radius 2 is 1.96 bits per heavy atom. The molecule has 3 rings (SSSR count). The van der Waals surface area contributed by atoms with Crippen LogP contribution in [0.3, 0.4) is 0 Å². The molecule has 1 aromatic heterocycles. The summed E-state index contributed by atoms with van der Waals surface area (Å²) in [5.74, 6) is 0.787. The SMILES string of the molecule is CC1CCN(c2nccc(C(=O)NCc3ccc(F)cc3)n2)CC1. The average molecular weight is 328 g/mol. The van der Waals surface area contributed by atoms with Crippen molar-refractivity contribution in [2.75, 3.05) is 18.0 Å². The van der Waals surface area contributed by atoms with Gasteiger partial charge in [-0.05, 0) is 42.5 Å². The van der Waals surface area contributed by atoms with Crippen molar-refractivity contribution in [3.8, 4) is 0 Å². The van der Waals surface area contributed by atoms with Gasteiger partial charge >= 0.3 is 0 Å². The van der Waals surface area contributed by atoms with E-state index >= 15 is 0 Å². The number of rotatable bonds is 4. The zero-order valence-corrected chi connectivity index (χ0v) is 13.7. The smallest absolute Gasteiger partial charge is 0.270 e. The molecule has 0 bridgehead atoms. The fourth-order valence-electron chi connectivity index (χ4n) is 2.71. The standard InChI is InChI=1S/C18H21FN4O/c1-13-7-10-23(11-8-13)18-20-9-6-16(22-18)17(24)21-12-14-2-4-15(19)5-3-14/h2-6,9,13H,7-8,10-12H2,1H3,(H,21,24). The summed E-state index contributed by atoms with van der Waals surface area (Å²) in [6, 6.07) is 7.66. The molecule has 0 saturated carbocycles. The van der Waals surface area contributed by atoms with Gasteiger partial charge in [-0.2, -0.15) is 0 Å². The van der Waals surface area contributed by atoms with Gasteiger partial charge in [0.2, 0.25) is 5.95 Å². The van der Waals surface area contributed by atoms with Gasteiger partial charge in [-0.25, -0.2) is 14.4 Å². The third-order valence-electron chi connectivity index (χ3n) is 4.31. The molecule has 5 nitrogen and oxygen atoms in total. The van der Waals surface area contributed by atoms with Gasteiger partial charge in [0.25, 0.3) is 5.91 Å². The molecule has 2 heterocycles. The molecule has 1 saturated heterocycles. The molecule has 6 heteroatoms. The second kappa shape index (κ2) is 7.38. The summed E-state index contributed by atoms with van der Waals surface area (Å²) in [6.07, 6.45) is 3.85. The van der Waals surface area contributed by atoms with Crippen LogP contribution in [0.2, 0.25) is 0 Å². The highest BCUT2D eigenvalue weighted by Crippen LogP contribution is 2.19. The number of hydrogen-bond acceptors (Lipinski definition) is 4. The van der Waals surface area contributed by atoms with E-state index in [4.69, 9.17) is 0 Å². The lowest BCUT2D eigenvalue weighted by atomic mass is 10.00. The summed E-state index contributed by atoms with van der Waals surface area (Å²) in [5.41, 5.74) is 1.18. The van der Waals surface area contributed by atoms with Crippen LogP contribution in [-0.4, -0.2) is 29.0 Å². The van der Waals surface area contributed by atoms with Gasteiger partial charge in [-0.3, -0.25) is 4.79 Å². The lowest BCUT2D eigenvalue weighted by Gasteiger charge is -2.30. The third kappa shape index (κ3) is 4.07. The first-order valence-electron chi connectivity index (χ1n) is 8.22. The molecule has 126 valence electrons. The van der Waals surface area contributed by atoms with Crippen molar-refractivity contribution in [1.82, 2.24) is 15.3 Å². The maximum Gasteiger partial charge on any atom is 0.270 e. The fourth-order valence-corrected chi connectivity index (χ4v) is 2.71. The van der Waals surface area contributed by atoms with Gasteiger partial charge in [0, 0.05) is 25.8 Å². The number of piperidine rings is 1. The Balaban J connectivity index is 1.62. The minimum Gasteiger partial charge on any atom is -0.347 e. The Bertz CT molecular complexity index is 696. The van der Waals surface area contributed by atoms with E-state index in [-0.39, 0.29) is 11.7 Å². The number of aromatic nitrogens is 2. The minimum absolute atomic E-state index is 0.256. The Hall–Kier alpha value is -2.50. The molecule has 1 aromatic carbocycles. The number of hydrogen-bond donors (Lipinski definition) is 1. The van der Waals surface area contributed by atoms with Crippen LogP contribution in [0, 0.1) is 11.7 Å². The predicted octanol–water partition coefficient (Wildman–Crippen LogP) is 2.78. The highest BCUT2D eigenvalue weighted by Gasteiger charge is 2.19. The van der Waals surface area contributed by atoms with Crippen LogP contribution in [0.5, 0.6) is 0 Å². The number of nitrogens with one attached hydrogen (secondary N) is 1. The molecule has 1 aliphatic heterocycles. The lowest BCUT2D eigenvalue weighted by Crippen LogP contribution is -2.34. The van der Waals surface area contributed by atoms with Gasteiger partial charge in [-0.15, -0.1) is 0 Å². The normalized spacial score (nSPS) is 15.3. The third-order valence-corrected chi connectivity index (χ3v) is 4.31. The van der Waals surface area contributed by atoms with Crippen molar-refractivity contribution in [3.63, 3.8) is 0 Å². The molecular formula is C18H21FN4O. The number of anilines is 1. The lowest BCUT2D eigenvalue weighted by molar-refractivity contribution is 0.0946. The summed E-state index contributed by atoms with van der Waals surface area (Å²) in [4.78, 5) is 23.1. The van der Waals surface area contributed by atoms with Crippen molar-refractivity contribution < 1.29 is 9.18 Å². The summed E-state index contributed by atoms with van der Waals surface area (Å²) < 4.78 is 12.9. The van der Waals surface area contributed by atoms with E-state index in [1.54, 1.807) is 24.4 Å². The van der Waals surface area contributed by atoms with Crippen LogP contribution in [0.15, 0.2) is 36.5 Å². The summed E-state index contributed by atoms with van der Waals surface area (Å²) in [6.45, 7) is 4.42. The molecule has 0 unspecified atom stereocenters. The molecule has 2 aromatic rings. The zero-order valence-electron chi connectivity index (χ0n) is 13.7. The van der Waals surface area contributed by atoms with E-state index in [2.05, 4.69) is 27.1 Å². The first kappa shape index (κ1) is 16.4. The van der Waals surface area contributed by atoms with Crippen molar-refractivity contribution in [3.05, 3.63) is 53.6 Å². The van der Waals surface area contributed by atoms with Crippen LogP contribution >= 0.6 is 0 Å². The number of carbonyl (C=O) groups is 1. The highest BCUT2D eigenvalue weighted by atomic mass is 19.1. The van der Waals surface area contributed by atoms with Gasteiger partial charge in [0.15, 0.2) is 0 Å². The topological polar surface area (TPSA) is 58.1 Å². The monoisotopic (exact) mass is 328 g/mol. The number of amides is 1. The average Bonchev–Trinajstić information content (AvgIpc) is 2.62. The van der Waals surface area contributed by atoms with E-state index in [1.807, 2.05) is 0 Å². The summed E-state index contributed by atoms with van der Waals surface area (Å²) in [7, 11) is 0. The molecule has 0 spiro atoms. The second-order valence-electron chi connectivity index (χ2n) is 6.22. The van der Waals surface area contributed by atoms with E-state index in [1.165, 1.54) is 12.1 Å². The molecule has 0 radical (unpaired) electrons. The van der Waals surface area contributed by atoms with Gasteiger partial charge in [-0.1, -0.05) is 19.1 Å².